The molecule has 2 fully saturated rings. The molecule has 41 heavy (non-hydrogen) atoms. The molecule has 2 aliphatic rings. The van der Waals surface area contributed by atoms with Gasteiger partial charge in [-0.15, -0.1) is 0 Å². The number of aromatic nitrogens is 3. The number of fused-ring (bicyclic) bond motifs is 2. The van der Waals surface area contributed by atoms with Crippen LogP contribution in [0.25, 0.3) is 32.2 Å². The molecule has 0 unspecified atom stereocenters. The van der Waals surface area contributed by atoms with Crippen molar-refractivity contribution in [2.75, 3.05) is 63.6 Å². The Hall–Kier alpha value is -3.39. The van der Waals surface area contributed by atoms with Gasteiger partial charge in [-0.1, -0.05) is 22.9 Å². The van der Waals surface area contributed by atoms with E-state index in [1.54, 1.807) is 11.0 Å². The van der Waals surface area contributed by atoms with Crippen molar-refractivity contribution in [3.05, 3.63) is 34.9 Å². The zero-order valence-corrected chi connectivity index (χ0v) is 23.9. The van der Waals surface area contributed by atoms with Gasteiger partial charge in [-0.25, -0.2) is 13.8 Å². The van der Waals surface area contributed by atoms with Crippen LogP contribution >= 0.6 is 22.9 Å². The average Bonchev–Trinajstić information content (AvgIpc) is 3.57. The maximum atomic E-state index is 16.5. The highest BCUT2D eigenvalue weighted by Crippen LogP contribution is 2.42. The lowest BCUT2D eigenvalue weighted by Gasteiger charge is -2.35. The molecule has 2 aliphatic heterocycles. The lowest BCUT2D eigenvalue weighted by atomic mass is 10.0. The molecular weight excluding hydrogens is 574 g/mol. The lowest BCUT2D eigenvalue weighted by molar-refractivity contribution is -0.129. The van der Waals surface area contributed by atoms with E-state index in [2.05, 4.69) is 14.9 Å². The quantitative estimate of drug-likeness (QED) is 0.341. The van der Waals surface area contributed by atoms with E-state index in [-0.39, 0.29) is 56.0 Å². The number of piperazine rings is 1. The summed E-state index contributed by atoms with van der Waals surface area (Å²) in [6.07, 6.45) is 2.06. The number of rotatable bonds is 6. The smallest absolute Gasteiger partial charge is 0.319 e. The second-order valence-corrected chi connectivity index (χ2v) is 11.7. The van der Waals surface area contributed by atoms with Crippen molar-refractivity contribution in [3.8, 4) is 17.1 Å². The van der Waals surface area contributed by atoms with Gasteiger partial charge in [-0.2, -0.15) is 9.97 Å². The number of anilines is 2. The predicted octanol–water partition coefficient (Wildman–Crippen LogP) is 3.50. The first-order valence-electron chi connectivity index (χ1n) is 13.4. The van der Waals surface area contributed by atoms with Crippen molar-refractivity contribution in [3.63, 3.8) is 0 Å². The topological polar surface area (TPSA) is 127 Å². The van der Waals surface area contributed by atoms with Crippen LogP contribution in [0.1, 0.15) is 12.8 Å². The van der Waals surface area contributed by atoms with E-state index in [4.69, 9.17) is 32.8 Å². The molecule has 0 aliphatic carbocycles. The Morgan fingerprint density at radius 3 is 2.63 bits per heavy atom. The van der Waals surface area contributed by atoms with Crippen LogP contribution in [-0.2, 0) is 4.79 Å². The normalized spacial score (nSPS) is 18.1. The molecule has 1 amide bonds. The zero-order valence-electron chi connectivity index (χ0n) is 22.4. The third-order valence-electron chi connectivity index (χ3n) is 7.81. The molecule has 6 rings (SSSR count). The number of nitrogens with zero attached hydrogens (tertiary/aromatic N) is 6. The van der Waals surface area contributed by atoms with E-state index in [0.29, 0.717) is 49.6 Å². The van der Waals surface area contributed by atoms with E-state index < -0.39 is 11.6 Å². The highest BCUT2D eigenvalue weighted by atomic mass is 35.5. The maximum absolute atomic E-state index is 16.5. The summed E-state index contributed by atoms with van der Waals surface area (Å²) in [5, 5.41) is 0.655. The highest BCUT2D eigenvalue weighted by molar-refractivity contribution is 7.22. The first-order chi connectivity index (χ1) is 19.7. The number of carbonyl (C=O) groups is 1. The molecule has 216 valence electrons. The number of amides is 1. The molecule has 0 radical (unpaired) electrons. The fourth-order valence-corrected chi connectivity index (χ4v) is 6.62. The molecular formula is C27H29ClF2N8O2S. The molecule has 2 aromatic carbocycles. The van der Waals surface area contributed by atoms with Crippen molar-refractivity contribution in [2.24, 2.45) is 5.73 Å². The van der Waals surface area contributed by atoms with Gasteiger partial charge >= 0.3 is 6.01 Å². The minimum absolute atomic E-state index is 0.0188. The Bertz CT molecular complexity index is 1650. The molecule has 2 aromatic heterocycles. The molecule has 10 nitrogen and oxygen atoms in total. The Balaban J connectivity index is 1.46. The van der Waals surface area contributed by atoms with E-state index in [1.807, 2.05) is 11.9 Å². The summed E-state index contributed by atoms with van der Waals surface area (Å²) in [6.45, 7) is 3.08. The second-order valence-electron chi connectivity index (χ2n) is 10.3. The zero-order chi connectivity index (χ0) is 28.8. The Morgan fingerprint density at radius 2 is 1.93 bits per heavy atom. The Labute approximate surface area is 243 Å². The monoisotopic (exact) mass is 602 g/mol. The maximum Gasteiger partial charge on any atom is 0.319 e. The number of carbonyl (C=O) groups excluding carboxylic acids is 1. The van der Waals surface area contributed by atoms with Crippen LogP contribution in [-0.4, -0.2) is 89.6 Å². The molecule has 0 bridgehead atoms. The number of benzene rings is 2. The van der Waals surface area contributed by atoms with Gasteiger partial charge in [-0.3, -0.25) is 4.79 Å². The van der Waals surface area contributed by atoms with Gasteiger partial charge in [0.05, 0.1) is 21.8 Å². The van der Waals surface area contributed by atoms with Crippen molar-refractivity contribution in [1.82, 2.24) is 24.8 Å². The molecule has 4 heterocycles. The van der Waals surface area contributed by atoms with Crippen LogP contribution in [0.2, 0.25) is 5.02 Å². The van der Waals surface area contributed by atoms with Gasteiger partial charge in [0.25, 0.3) is 0 Å². The number of hydrogen-bond donors (Lipinski definition) is 2. The molecule has 14 heteroatoms. The van der Waals surface area contributed by atoms with Gasteiger partial charge in [0, 0.05) is 48.7 Å². The number of likely N-dealkylation sites (tertiary alicyclic amines) is 1. The summed E-state index contributed by atoms with van der Waals surface area (Å²) in [5.41, 5.74) is 12.0. The van der Waals surface area contributed by atoms with Gasteiger partial charge < -0.3 is 30.9 Å². The lowest BCUT2D eigenvalue weighted by Crippen LogP contribution is -2.50. The summed E-state index contributed by atoms with van der Waals surface area (Å²) in [4.78, 5) is 31.4. The summed E-state index contributed by atoms with van der Waals surface area (Å²) in [7, 11) is 2.04. The van der Waals surface area contributed by atoms with Crippen LogP contribution in [0.15, 0.2) is 18.2 Å². The summed E-state index contributed by atoms with van der Waals surface area (Å²) >= 11 is 7.70. The van der Waals surface area contributed by atoms with Crippen LogP contribution in [0.3, 0.4) is 0 Å². The average molecular weight is 603 g/mol. The summed E-state index contributed by atoms with van der Waals surface area (Å²) in [6, 6.07) is 4.55. The highest BCUT2D eigenvalue weighted by Gasteiger charge is 2.28. The summed E-state index contributed by atoms with van der Waals surface area (Å²) < 4.78 is 37.3. The van der Waals surface area contributed by atoms with E-state index in [0.717, 1.165) is 30.7 Å². The molecule has 1 atom stereocenters. The van der Waals surface area contributed by atoms with Crippen LogP contribution in [0, 0.1) is 11.6 Å². The number of halogens is 3. The molecule has 2 saturated heterocycles. The number of nitrogens with two attached hydrogens (primary N) is 2. The fraction of sp³-hybridized carbons (Fsp3) is 0.407. The minimum Gasteiger partial charge on any atom is -0.462 e. The van der Waals surface area contributed by atoms with Crippen molar-refractivity contribution in [2.45, 2.75) is 18.9 Å². The SMILES string of the molecule is CN1CCC[C@H]1COc1nc(N2CCN(C(=O)CN)CC2)c2cc(Cl)c(-c3ccc(F)c4sc(N)nc34)c(F)c2n1. The van der Waals surface area contributed by atoms with Crippen molar-refractivity contribution >= 4 is 60.9 Å². The van der Waals surface area contributed by atoms with Gasteiger partial charge in [-0.05, 0) is 44.6 Å². The third kappa shape index (κ3) is 5.11. The number of nitrogen functional groups attached to an aromatic ring is 1. The Kier molecular flexibility index (Phi) is 7.53. The van der Waals surface area contributed by atoms with Gasteiger partial charge in [0.1, 0.15) is 23.8 Å². The van der Waals surface area contributed by atoms with E-state index in [9.17, 15) is 9.18 Å². The van der Waals surface area contributed by atoms with Gasteiger partial charge in [0.15, 0.2) is 10.9 Å². The minimum atomic E-state index is -0.699. The predicted molar refractivity (Wildman–Crippen MR) is 156 cm³/mol. The number of hydrogen-bond acceptors (Lipinski definition) is 10. The fourth-order valence-electron chi connectivity index (χ4n) is 5.56. The van der Waals surface area contributed by atoms with Gasteiger partial charge in [0.2, 0.25) is 5.91 Å². The number of thiazole rings is 1. The van der Waals surface area contributed by atoms with Crippen LogP contribution < -0.4 is 21.1 Å². The first-order valence-corrected chi connectivity index (χ1v) is 14.5. The number of ether oxygens (including phenoxy) is 1. The van der Waals surface area contributed by atoms with Crippen molar-refractivity contribution in [1.29, 1.82) is 0 Å². The van der Waals surface area contributed by atoms with E-state index >= 15 is 4.39 Å². The largest absolute Gasteiger partial charge is 0.462 e. The van der Waals surface area contributed by atoms with Crippen LogP contribution in [0.4, 0.5) is 19.7 Å². The molecule has 4 N–H and O–H groups in total. The third-order valence-corrected chi connectivity index (χ3v) is 9.00. The Morgan fingerprint density at radius 1 is 1.15 bits per heavy atom. The number of likely N-dealkylation sites (N-methyl/N-ethyl adjacent to an activating group) is 1. The van der Waals surface area contributed by atoms with E-state index in [1.165, 1.54) is 12.1 Å². The molecule has 0 spiro atoms. The van der Waals surface area contributed by atoms with Crippen LogP contribution in [0.5, 0.6) is 6.01 Å². The second kappa shape index (κ2) is 11.1. The molecule has 4 aromatic rings. The standard InChI is InChI=1S/C27H29ClF2N8O2S/c1-36-6-2-3-14(36)13-40-27-34-22-16(25(35-27)38-9-7-37(8-10-38)19(39)12-31)11-17(28)20(21(22)30)15-4-5-18(29)24-23(15)33-26(32)41-24/h4-5,11,14H,2-3,6-10,12-13,31H2,1H3,(H2,32,33)/t14-/m0/s1. The first kappa shape index (κ1) is 27.8. The summed E-state index contributed by atoms with van der Waals surface area (Å²) in [5.74, 6) is -0.872. The van der Waals surface area contributed by atoms with Crippen molar-refractivity contribution < 1.29 is 18.3 Å². The molecule has 0 saturated carbocycles.